The van der Waals surface area contributed by atoms with Crippen molar-refractivity contribution >= 4 is 27.5 Å². The molecule has 1 atom stereocenters. The zero-order valence-electron chi connectivity index (χ0n) is 9.11. The highest BCUT2D eigenvalue weighted by Gasteiger charge is 2.30. The molecule has 1 unspecified atom stereocenters. The third-order valence-electron chi connectivity index (χ3n) is 2.80. The van der Waals surface area contributed by atoms with Crippen molar-refractivity contribution in [2.45, 2.75) is 13.3 Å². The maximum atomic E-state index is 11.8. The number of carbonyl (C=O) groups is 1. The van der Waals surface area contributed by atoms with E-state index in [2.05, 4.69) is 15.9 Å². The Hall–Kier alpha value is -0.870. The van der Waals surface area contributed by atoms with Gasteiger partial charge in [-0.25, -0.2) is 0 Å². The maximum Gasteiger partial charge on any atom is 0.227 e. The van der Waals surface area contributed by atoms with Gasteiger partial charge in [-0.15, -0.1) is 0 Å². The third-order valence-corrected chi connectivity index (χ3v) is 3.26. The summed E-state index contributed by atoms with van der Waals surface area (Å²) >= 11 is 3.42. The van der Waals surface area contributed by atoms with E-state index in [1.54, 1.807) is 4.90 Å². The van der Waals surface area contributed by atoms with E-state index in [0.29, 0.717) is 13.0 Å². The smallest absolute Gasteiger partial charge is 0.227 e. The second-order valence-corrected chi connectivity index (χ2v) is 5.16. The van der Waals surface area contributed by atoms with Gasteiger partial charge in [0, 0.05) is 35.7 Å². The molecular weight excluding hydrogens is 270 g/mol. The van der Waals surface area contributed by atoms with Gasteiger partial charge in [0.15, 0.2) is 0 Å². The molecule has 1 aliphatic heterocycles. The molecule has 0 aliphatic carbocycles. The summed E-state index contributed by atoms with van der Waals surface area (Å²) in [6.45, 7) is 2.69. The van der Waals surface area contributed by atoms with E-state index in [1.807, 2.05) is 25.1 Å². The average Bonchev–Trinajstić information content (AvgIpc) is 2.58. The zero-order valence-corrected chi connectivity index (χ0v) is 10.7. The molecule has 1 fully saturated rings. The van der Waals surface area contributed by atoms with E-state index in [1.165, 1.54) is 0 Å². The van der Waals surface area contributed by atoms with Crippen LogP contribution in [0.4, 0.5) is 5.69 Å². The molecule has 1 aromatic rings. The van der Waals surface area contributed by atoms with E-state index in [0.717, 1.165) is 15.7 Å². The highest BCUT2D eigenvalue weighted by molar-refractivity contribution is 9.10. The molecule has 0 saturated carbocycles. The number of hydrogen-bond donors (Lipinski definition) is 1. The van der Waals surface area contributed by atoms with Gasteiger partial charge in [0.05, 0.1) is 0 Å². The molecule has 0 radical (unpaired) electrons. The number of aryl methyl sites for hydroxylation is 1. The fraction of sp³-hybridized carbons (Fsp3) is 0.417. The minimum Gasteiger partial charge on any atom is -0.396 e. The molecule has 86 valence electrons. The Bertz CT molecular complexity index is 399. The summed E-state index contributed by atoms with van der Waals surface area (Å²) in [6, 6.07) is 5.93. The molecule has 0 spiro atoms. The fourth-order valence-corrected chi connectivity index (χ4v) is 2.62. The van der Waals surface area contributed by atoms with Crippen molar-refractivity contribution in [1.82, 2.24) is 0 Å². The highest BCUT2D eigenvalue weighted by Crippen LogP contribution is 2.28. The number of benzene rings is 1. The van der Waals surface area contributed by atoms with Crippen LogP contribution in [0.25, 0.3) is 0 Å². The van der Waals surface area contributed by atoms with Crippen molar-refractivity contribution in [3.05, 3.63) is 28.2 Å². The van der Waals surface area contributed by atoms with E-state index >= 15 is 0 Å². The summed E-state index contributed by atoms with van der Waals surface area (Å²) in [4.78, 5) is 13.5. The average molecular weight is 284 g/mol. The minimum atomic E-state index is 0.0757. The number of halogens is 1. The summed E-state index contributed by atoms with van der Waals surface area (Å²) in [6.07, 6.45) is 0.446. The topological polar surface area (TPSA) is 40.5 Å². The number of rotatable bonds is 2. The first-order valence-electron chi connectivity index (χ1n) is 5.28. The van der Waals surface area contributed by atoms with Crippen LogP contribution in [0.1, 0.15) is 12.0 Å². The summed E-state index contributed by atoms with van der Waals surface area (Å²) < 4.78 is 0.975. The molecule has 2 rings (SSSR count). The lowest BCUT2D eigenvalue weighted by Crippen LogP contribution is -2.24. The fourth-order valence-electron chi connectivity index (χ4n) is 2.03. The van der Waals surface area contributed by atoms with Gasteiger partial charge in [0.25, 0.3) is 0 Å². The summed E-state index contributed by atoms with van der Waals surface area (Å²) in [5.74, 6) is 0.170. The van der Waals surface area contributed by atoms with Crippen LogP contribution in [0.3, 0.4) is 0 Å². The van der Waals surface area contributed by atoms with Gasteiger partial charge in [-0.1, -0.05) is 15.9 Å². The molecule has 1 saturated heterocycles. The second kappa shape index (κ2) is 4.55. The standard InChI is InChI=1S/C12H14BrNO2/c1-8-2-10(13)5-11(3-8)14-6-9(7-15)4-12(14)16/h2-3,5,9,15H,4,6-7H2,1H3. The van der Waals surface area contributed by atoms with Crippen LogP contribution >= 0.6 is 15.9 Å². The zero-order chi connectivity index (χ0) is 11.7. The number of aliphatic hydroxyl groups is 1. The first kappa shape index (κ1) is 11.6. The third kappa shape index (κ3) is 2.28. The monoisotopic (exact) mass is 283 g/mol. The largest absolute Gasteiger partial charge is 0.396 e. The van der Waals surface area contributed by atoms with E-state index in [9.17, 15) is 4.79 Å². The van der Waals surface area contributed by atoms with Crippen LogP contribution in [0.15, 0.2) is 22.7 Å². The van der Waals surface area contributed by atoms with E-state index in [4.69, 9.17) is 5.11 Å². The minimum absolute atomic E-state index is 0.0757. The van der Waals surface area contributed by atoms with Crippen molar-refractivity contribution in [2.75, 3.05) is 18.1 Å². The van der Waals surface area contributed by atoms with Crippen LogP contribution in [-0.4, -0.2) is 24.2 Å². The normalized spacial score (nSPS) is 20.6. The molecule has 0 aromatic heterocycles. The van der Waals surface area contributed by atoms with Gasteiger partial charge in [-0.3, -0.25) is 4.79 Å². The Morgan fingerprint density at radius 3 is 2.81 bits per heavy atom. The molecular formula is C12H14BrNO2. The quantitative estimate of drug-likeness (QED) is 0.903. The van der Waals surface area contributed by atoms with Gasteiger partial charge < -0.3 is 10.0 Å². The number of carbonyl (C=O) groups excluding carboxylic acids is 1. The Kier molecular flexibility index (Phi) is 3.30. The van der Waals surface area contributed by atoms with Gasteiger partial charge in [-0.05, 0) is 30.7 Å². The summed E-state index contributed by atoms with van der Waals surface area (Å²) in [5, 5.41) is 9.07. The predicted octanol–water partition coefficient (Wildman–Crippen LogP) is 2.10. The van der Waals surface area contributed by atoms with Crippen molar-refractivity contribution in [1.29, 1.82) is 0 Å². The SMILES string of the molecule is Cc1cc(Br)cc(N2CC(CO)CC2=O)c1. The molecule has 0 bridgehead atoms. The molecule has 1 heterocycles. The Labute approximate surface area is 103 Å². The lowest BCUT2D eigenvalue weighted by atomic mass is 10.1. The van der Waals surface area contributed by atoms with Crippen molar-refractivity contribution in [3.63, 3.8) is 0 Å². The first-order valence-corrected chi connectivity index (χ1v) is 6.08. The Morgan fingerprint density at radius 2 is 2.25 bits per heavy atom. The number of hydrogen-bond acceptors (Lipinski definition) is 2. The molecule has 1 aromatic carbocycles. The molecule has 1 N–H and O–H groups in total. The molecule has 4 heteroatoms. The lowest BCUT2D eigenvalue weighted by Gasteiger charge is -2.17. The van der Waals surface area contributed by atoms with Crippen LogP contribution < -0.4 is 4.90 Å². The van der Waals surface area contributed by atoms with E-state index in [-0.39, 0.29) is 18.4 Å². The Morgan fingerprint density at radius 1 is 1.50 bits per heavy atom. The van der Waals surface area contributed by atoms with Crippen molar-refractivity contribution in [2.24, 2.45) is 5.92 Å². The first-order chi connectivity index (χ1) is 7.60. The van der Waals surface area contributed by atoms with Crippen molar-refractivity contribution < 1.29 is 9.90 Å². The number of nitrogens with zero attached hydrogens (tertiary/aromatic N) is 1. The molecule has 1 amide bonds. The predicted molar refractivity (Wildman–Crippen MR) is 66.4 cm³/mol. The number of aliphatic hydroxyl groups excluding tert-OH is 1. The molecule has 1 aliphatic rings. The lowest BCUT2D eigenvalue weighted by molar-refractivity contribution is -0.117. The molecule has 16 heavy (non-hydrogen) atoms. The summed E-state index contributed by atoms with van der Waals surface area (Å²) in [7, 11) is 0. The van der Waals surface area contributed by atoms with Crippen LogP contribution in [0.2, 0.25) is 0 Å². The van der Waals surface area contributed by atoms with Gasteiger partial charge in [0.2, 0.25) is 5.91 Å². The molecule has 3 nitrogen and oxygen atoms in total. The maximum absolute atomic E-state index is 11.8. The van der Waals surface area contributed by atoms with Gasteiger partial charge in [0.1, 0.15) is 0 Å². The number of amides is 1. The van der Waals surface area contributed by atoms with Crippen molar-refractivity contribution in [3.8, 4) is 0 Å². The highest BCUT2D eigenvalue weighted by atomic mass is 79.9. The van der Waals surface area contributed by atoms with Gasteiger partial charge >= 0.3 is 0 Å². The second-order valence-electron chi connectivity index (χ2n) is 4.24. The summed E-state index contributed by atoms with van der Waals surface area (Å²) in [5.41, 5.74) is 2.03. The van der Waals surface area contributed by atoms with Gasteiger partial charge in [-0.2, -0.15) is 0 Å². The Balaban J connectivity index is 2.27. The van der Waals surface area contributed by atoms with Crippen LogP contribution in [0.5, 0.6) is 0 Å². The number of anilines is 1. The van der Waals surface area contributed by atoms with E-state index < -0.39 is 0 Å². The van der Waals surface area contributed by atoms with Crippen LogP contribution in [-0.2, 0) is 4.79 Å². The van der Waals surface area contributed by atoms with Crippen LogP contribution in [0, 0.1) is 12.8 Å².